The van der Waals surface area contributed by atoms with Crippen LogP contribution in [0.3, 0.4) is 0 Å². The van der Waals surface area contributed by atoms with Crippen molar-refractivity contribution in [2.45, 2.75) is 23.6 Å². The topological polar surface area (TPSA) is 44.1 Å². The van der Waals surface area contributed by atoms with Gasteiger partial charge in [-0.05, 0) is 49.7 Å². The van der Waals surface area contributed by atoms with Crippen LogP contribution in [0.15, 0.2) is 94.7 Å². The Hall–Kier alpha value is -3.31. The number of aromatic nitrogens is 2. The van der Waals surface area contributed by atoms with Crippen molar-refractivity contribution in [1.29, 1.82) is 0 Å². The van der Waals surface area contributed by atoms with Crippen molar-refractivity contribution < 1.29 is 9.53 Å². The summed E-state index contributed by atoms with van der Waals surface area (Å²) in [5.74, 6) is 0.0332. The van der Waals surface area contributed by atoms with Gasteiger partial charge in [0, 0.05) is 4.90 Å². The van der Waals surface area contributed by atoms with Gasteiger partial charge in [0.2, 0.25) is 5.88 Å². The van der Waals surface area contributed by atoms with Crippen LogP contribution in [-0.4, -0.2) is 15.7 Å². The summed E-state index contributed by atoms with van der Waals surface area (Å²) in [7, 11) is 0. The molecule has 0 aliphatic rings. The second-order valence-electron chi connectivity index (χ2n) is 6.59. The Morgan fingerprint density at radius 2 is 1.48 bits per heavy atom. The molecule has 0 amide bonds. The molecule has 5 heteroatoms. The fraction of sp³-hybridized carbons (Fsp3) is 0.0833. The highest BCUT2D eigenvalue weighted by atomic mass is 32.2. The summed E-state index contributed by atoms with van der Waals surface area (Å²) in [4.78, 5) is 14.8. The van der Waals surface area contributed by atoms with Crippen LogP contribution >= 0.6 is 11.8 Å². The number of aryl methyl sites for hydroxylation is 2. The quantitative estimate of drug-likeness (QED) is 0.394. The van der Waals surface area contributed by atoms with Crippen molar-refractivity contribution in [3.63, 3.8) is 0 Å². The van der Waals surface area contributed by atoms with E-state index in [4.69, 9.17) is 4.74 Å². The molecule has 3 aromatic carbocycles. The molecule has 0 radical (unpaired) electrons. The van der Waals surface area contributed by atoms with E-state index >= 15 is 0 Å². The molecule has 0 N–H and O–H groups in total. The van der Waals surface area contributed by atoms with Crippen LogP contribution in [0.2, 0.25) is 0 Å². The van der Waals surface area contributed by atoms with Crippen molar-refractivity contribution in [3.05, 3.63) is 102 Å². The Labute approximate surface area is 174 Å². The minimum Gasteiger partial charge on any atom is -0.402 e. The number of carbonyl (C=O) groups is 1. The maximum atomic E-state index is 13.0. The number of carbonyl (C=O) groups excluding carboxylic acids is 1. The maximum absolute atomic E-state index is 13.0. The molecule has 0 bridgehead atoms. The van der Waals surface area contributed by atoms with E-state index in [1.807, 2.05) is 92.7 Å². The molecule has 0 spiro atoms. The fourth-order valence-electron chi connectivity index (χ4n) is 2.99. The lowest BCUT2D eigenvalue weighted by Crippen LogP contribution is -2.13. The third-order valence-corrected chi connectivity index (χ3v) is 5.67. The van der Waals surface area contributed by atoms with Gasteiger partial charge < -0.3 is 4.74 Å². The first-order valence-corrected chi connectivity index (χ1v) is 10.1. The fourth-order valence-corrected chi connectivity index (χ4v) is 3.93. The van der Waals surface area contributed by atoms with Gasteiger partial charge >= 0.3 is 5.97 Å². The molecule has 1 heterocycles. The summed E-state index contributed by atoms with van der Waals surface area (Å²) in [5.41, 5.74) is 3.05. The van der Waals surface area contributed by atoms with Crippen LogP contribution in [0.4, 0.5) is 0 Å². The highest BCUT2D eigenvalue weighted by Crippen LogP contribution is 2.39. The van der Waals surface area contributed by atoms with Crippen LogP contribution in [0.25, 0.3) is 5.69 Å². The molecule has 0 atom stereocenters. The SMILES string of the molecule is Cc1ccccc1C(=O)Oc1c(Sc2ccccc2)c(C)nn1-c1ccccc1. The molecule has 144 valence electrons. The zero-order chi connectivity index (χ0) is 20.2. The predicted octanol–water partition coefficient (Wildman–Crippen LogP) is 5.86. The van der Waals surface area contributed by atoms with Gasteiger partial charge in [-0.3, -0.25) is 0 Å². The first-order chi connectivity index (χ1) is 14.1. The van der Waals surface area contributed by atoms with Crippen molar-refractivity contribution in [2.75, 3.05) is 0 Å². The normalized spacial score (nSPS) is 10.7. The molecular weight excluding hydrogens is 380 g/mol. The van der Waals surface area contributed by atoms with E-state index in [0.717, 1.165) is 26.7 Å². The minimum absolute atomic E-state index is 0.393. The van der Waals surface area contributed by atoms with E-state index < -0.39 is 5.97 Å². The van der Waals surface area contributed by atoms with Crippen LogP contribution in [0, 0.1) is 13.8 Å². The van der Waals surface area contributed by atoms with E-state index in [-0.39, 0.29) is 0 Å². The van der Waals surface area contributed by atoms with Gasteiger partial charge in [-0.1, -0.05) is 66.4 Å². The molecular formula is C24H20N2O2S. The van der Waals surface area contributed by atoms with Gasteiger partial charge in [-0.2, -0.15) is 9.78 Å². The van der Waals surface area contributed by atoms with Crippen LogP contribution < -0.4 is 4.74 Å². The first kappa shape index (κ1) is 19.0. The predicted molar refractivity (Wildman–Crippen MR) is 115 cm³/mol. The Morgan fingerprint density at radius 1 is 0.862 bits per heavy atom. The number of benzene rings is 3. The Morgan fingerprint density at radius 3 is 2.17 bits per heavy atom. The monoisotopic (exact) mass is 400 g/mol. The lowest BCUT2D eigenvalue weighted by atomic mass is 10.1. The minimum atomic E-state index is -0.393. The number of para-hydroxylation sites is 1. The molecule has 4 aromatic rings. The van der Waals surface area contributed by atoms with Gasteiger partial charge in [0.25, 0.3) is 0 Å². The molecule has 0 saturated heterocycles. The summed E-state index contributed by atoms with van der Waals surface area (Å²) in [6.07, 6.45) is 0. The molecule has 0 aliphatic heterocycles. The van der Waals surface area contributed by atoms with Gasteiger partial charge in [0.05, 0.1) is 21.8 Å². The highest BCUT2D eigenvalue weighted by Gasteiger charge is 2.23. The second-order valence-corrected chi connectivity index (χ2v) is 7.67. The molecule has 0 saturated carbocycles. The van der Waals surface area contributed by atoms with E-state index in [1.54, 1.807) is 10.7 Å². The van der Waals surface area contributed by atoms with Crippen molar-refractivity contribution in [1.82, 2.24) is 9.78 Å². The third-order valence-electron chi connectivity index (χ3n) is 4.48. The summed E-state index contributed by atoms with van der Waals surface area (Å²) in [6.45, 7) is 3.83. The number of rotatable bonds is 5. The standard InChI is InChI=1S/C24H20N2O2S/c1-17-11-9-10-16-21(17)24(27)28-23-22(29-20-14-7-4-8-15-20)18(2)25-26(23)19-12-5-3-6-13-19/h3-16H,1-2H3. The van der Waals surface area contributed by atoms with E-state index in [2.05, 4.69) is 5.10 Å². The molecule has 1 aromatic heterocycles. The lowest BCUT2D eigenvalue weighted by molar-refractivity contribution is 0.0717. The molecule has 0 unspecified atom stereocenters. The number of nitrogens with zero attached hydrogens (tertiary/aromatic N) is 2. The number of hydrogen-bond donors (Lipinski definition) is 0. The average molecular weight is 401 g/mol. The Kier molecular flexibility index (Phi) is 5.49. The summed E-state index contributed by atoms with van der Waals surface area (Å²) >= 11 is 1.54. The first-order valence-electron chi connectivity index (χ1n) is 9.29. The smallest absolute Gasteiger partial charge is 0.345 e. The van der Waals surface area contributed by atoms with Crippen LogP contribution in [0.5, 0.6) is 5.88 Å². The molecule has 0 fully saturated rings. The van der Waals surface area contributed by atoms with Gasteiger partial charge in [-0.25, -0.2) is 4.79 Å². The zero-order valence-corrected chi connectivity index (χ0v) is 17.0. The number of ether oxygens (including phenoxy) is 1. The second kappa shape index (κ2) is 8.37. The van der Waals surface area contributed by atoms with Crippen molar-refractivity contribution in [3.8, 4) is 11.6 Å². The largest absolute Gasteiger partial charge is 0.402 e. The zero-order valence-electron chi connectivity index (χ0n) is 16.2. The Bertz CT molecular complexity index is 1140. The van der Waals surface area contributed by atoms with E-state index in [0.29, 0.717) is 11.4 Å². The van der Waals surface area contributed by atoms with E-state index in [9.17, 15) is 4.79 Å². The third kappa shape index (κ3) is 4.10. The van der Waals surface area contributed by atoms with Crippen LogP contribution in [0.1, 0.15) is 21.6 Å². The molecule has 29 heavy (non-hydrogen) atoms. The van der Waals surface area contributed by atoms with Gasteiger partial charge in [0.1, 0.15) is 0 Å². The maximum Gasteiger partial charge on any atom is 0.345 e. The van der Waals surface area contributed by atoms with Crippen molar-refractivity contribution >= 4 is 17.7 Å². The Balaban J connectivity index is 1.78. The number of hydrogen-bond acceptors (Lipinski definition) is 4. The summed E-state index contributed by atoms with van der Waals surface area (Å²) in [6, 6.07) is 27.1. The van der Waals surface area contributed by atoms with Crippen molar-refractivity contribution in [2.24, 2.45) is 0 Å². The summed E-state index contributed by atoms with van der Waals surface area (Å²) in [5, 5.41) is 4.66. The molecule has 4 rings (SSSR count). The molecule has 0 aliphatic carbocycles. The number of esters is 1. The summed E-state index contributed by atoms with van der Waals surface area (Å²) < 4.78 is 7.62. The van der Waals surface area contributed by atoms with Gasteiger partial charge in [0.15, 0.2) is 0 Å². The van der Waals surface area contributed by atoms with Crippen LogP contribution in [-0.2, 0) is 0 Å². The van der Waals surface area contributed by atoms with E-state index in [1.165, 1.54) is 11.8 Å². The van der Waals surface area contributed by atoms with Gasteiger partial charge in [-0.15, -0.1) is 0 Å². The average Bonchev–Trinajstić information content (AvgIpc) is 3.05. The lowest BCUT2D eigenvalue weighted by Gasteiger charge is -2.11. The molecule has 4 nitrogen and oxygen atoms in total. The highest BCUT2D eigenvalue weighted by molar-refractivity contribution is 7.99.